The predicted octanol–water partition coefficient (Wildman–Crippen LogP) is 3.66. The first kappa shape index (κ1) is 24.4. The van der Waals surface area contributed by atoms with Gasteiger partial charge in [-0.3, -0.25) is 10.2 Å². The summed E-state index contributed by atoms with van der Waals surface area (Å²) in [6, 6.07) is 12.5. The van der Waals surface area contributed by atoms with E-state index in [1.54, 1.807) is 34.6 Å². The van der Waals surface area contributed by atoms with Gasteiger partial charge in [-0.25, -0.2) is 14.4 Å². The van der Waals surface area contributed by atoms with Gasteiger partial charge in [-0.2, -0.15) is 5.10 Å². The molecule has 0 bridgehead atoms. The van der Waals surface area contributed by atoms with Crippen LogP contribution < -0.4 is 5.43 Å². The Morgan fingerprint density at radius 1 is 1.06 bits per heavy atom. The second kappa shape index (κ2) is 10.4. The number of aliphatic hydroxyl groups is 1. The number of aryl methyl sites for hydroxylation is 1. The molecule has 5 rings (SSSR count). The minimum absolute atomic E-state index is 0.130. The van der Waals surface area contributed by atoms with Crippen LogP contribution in [0.3, 0.4) is 0 Å². The van der Waals surface area contributed by atoms with Gasteiger partial charge in [0, 0.05) is 41.9 Å². The number of amides is 1. The fourth-order valence-electron chi connectivity index (χ4n) is 4.36. The first-order valence-corrected chi connectivity index (χ1v) is 12.3. The normalized spacial score (nSPS) is 14.2. The number of hydrogen-bond acceptors (Lipinski definition) is 7. The molecule has 0 radical (unpaired) electrons. The summed E-state index contributed by atoms with van der Waals surface area (Å²) < 4.78 is 3.16. The molecule has 2 N–H and O–H groups in total. The molecule has 186 valence electrons. The Morgan fingerprint density at radius 2 is 1.78 bits per heavy atom. The lowest BCUT2D eigenvalue weighted by atomic mass is 10.0. The molecule has 0 atom stereocenters. The molecular weight excluding hydrogens is 503 g/mol. The quantitative estimate of drug-likeness (QED) is 0.394. The summed E-state index contributed by atoms with van der Waals surface area (Å²) in [5, 5.41) is 29.4. The van der Waals surface area contributed by atoms with E-state index in [1.807, 2.05) is 29.3 Å². The Labute approximate surface area is 217 Å². The first-order chi connectivity index (χ1) is 17.5. The molecule has 1 aliphatic rings. The number of hydrogen-bond donors (Lipinski definition) is 2. The van der Waals surface area contributed by atoms with Gasteiger partial charge in [0.1, 0.15) is 0 Å². The molecule has 0 aliphatic carbocycles. The van der Waals surface area contributed by atoms with E-state index < -0.39 is 6.61 Å². The van der Waals surface area contributed by atoms with Crippen molar-refractivity contribution in [1.82, 2.24) is 40.4 Å². The SMILES string of the molecule is Cn1nnnc1-c1ccc(-c2c(CO)c(C(=O)NN3CCCCC3)nn2-c2ccc(Cl)cc2Cl)cc1. The van der Waals surface area contributed by atoms with Crippen molar-refractivity contribution in [3.05, 3.63) is 63.8 Å². The van der Waals surface area contributed by atoms with E-state index in [0.717, 1.165) is 43.5 Å². The van der Waals surface area contributed by atoms with Crippen molar-refractivity contribution in [2.75, 3.05) is 13.1 Å². The molecule has 2 aromatic carbocycles. The lowest BCUT2D eigenvalue weighted by molar-refractivity contribution is 0.0741. The summed E-state index contributed by atoms with van der Waals surface area (Å²) >= 11 is 12.7. The van der Waals surface area contributed by atoms with Crippen molar-refractivity contribution < 1.29 is 9.90 Å². The van der Waals surface area contributed by atoms with Crippen molar-refractivity contribution in [1.29, 1.82) is 0 Å². The number of nitrogens with one attached hydrogen (secondary N) is 1. The van der Waals surface area contributed by atoms with Crippen molar-refractivity contribution in [2.45, 2.75) is 25.9 Å². The number of carbonyl (C=O) groups excluding carboxylic acids is 1. The zero-order valence-electron chi connectivity index (χ0n) is 19.5. The summed E-state index contributed by atoms with van der Waals surface area (Å²) in [5.41, 5.74) is 6.09. The van der Waals surface area contributed by atoms with Crippen LogP contribution in [0.2, 0.25) is 10.0 Å². The Bertz CT molecular complexity index is 1390. The van der Waals surface area contributed by atoms with E-state index in [-0.39, 0.29) is 11.6 Å². The average molecular weight is 527 g/mol. The van der Waals surface area contributed by atoms with Gasteiger partial charge in [0.05, 0.1) is 23.0 Å². The van der Waals surface area contributed by atoms with Crippen LogP contribution in [0.25, 0.3) is 28.3 Å². The fraction of sp³-hybridized carbons (Fsp3) is 0.292. The lowest BCUT2D eigenvalue weighted by Gasteiger charge is -2.26. The van der Waals surface area contributed by atoms with Crippen molar-refractivity contribution in [2.24, 2.45) is 7.05 Å². The number of carbonyl (C=O) groups is 1. The van der Waals surface area contributed by atoms with Crippen molar-refractivity contribution in [3.8, 4) is 28.3 Å². The summed E-state index contributed by atoms with van der Waals surface area (Å²) in [7, 11) is 1.76. The molecule has 0 spiro atoms. The fourth-order valence-corrected chi connectivity index (χ4v) is 4.85. The van der Waals surface area contributed by atoms with Gasteiger partial charge in [-0.1, -0.05) is 53.9 Å². The zero-order valence-corrected chi connectivity index (χ0v) is 21.0. The first-order valence-electron chi connectivity index (χ1n) is 11.5. The van der Waals surface area contributed by atoms with Crippen LogP contribution >= 0.6 is 23.2 Å². The molecule has 12 heteroatoms. The number of halogens is 2. The molecule has 0 unspecified atom stereocenters. The molecule has 2 aromatic heterocycles. The van der Waals surface area contributed by atoms with Crippen molar-refractivity contribution >= 4 is 29.1 Å². The second-order valence-corrected chi connectivity index (χ2v) is 9.38. The third-order valence-electron chi connectivity index (χ3n) is 6.15. The zero-order chi connectivity index (χ0) is 25.2. The number of nitrogens with zero attached hydrogens (tertiary/aromatic N) is 7. The molecular formula is C24H24Cl2N8O2. The van der Waals surface area contributed by atoms with Gasteiger partial charge in [0.25, 0.3) is 5.91 Å². The second-order valence-electron chi connectivity index (χ2n) is 8.53. The molecule has 1 fully saturated rings. The van der Waals surface area contributed by atoms with Gasteiger partial charge in [-0.15, -0.1) is 5.10 Å². The van der Waals surface area contributed by atoms with E-state index >= 15 is 0 Å². The standard InChI is InChI=1S/C24H24Cl2N8O2/c1-32-23(27-30-31-32)16-7-5-15(6-8-16)22-18(14-35)21(24(36)29-33-11-3-2-4-12-33)28-34(22)20-10-9-17(25)13-19(20)26/h5-10,13,35H,2-4,11-12,14H2,1H3,(H,29,36). The topological polar surface area (TPSA) is 114 Å². The van der Waals surface area contributed by atoms with Crippen LogP contribution in [-0.2, 0) is 13.7 Å². The highest BCUT2D eigenvalue weighted by molar-refractivity contribution is 6.35. The minimum atomic E-state index is -0.391. The Kier molecular flexibility index (Phi) is 7.01. The van der Waals surface area contributed by atoms with E-state index in [1.165, 1.54) is 0 Å². The highest BCUT2D eigenvalue weighted by Gasteiger charge is 2.27. The van der Waals surface area contributed by atoms with Crippen LogP contribution in [0.15, 0.2) is 42.5 Å². The minimum Gasteiger partial charge on any atom is -0.392 e. The molecule has 4 aromatic rings. The maximum atomic E-state index is 13.3. The van der Waals surface area contributed by atoms with Gasteiger partial charge >= 0.3 is 0 Å². The van der Waals surface area contributed by atoms with Gasteiger partial charge < -0.3 is 5.11 Å². The van der Waals surface area contributed by atoms with Crippen LogP contribution in [0, 0.1) is 0 Å². The number of tetrazole rings is 1. The number of benzene rings is 2. The van der Waals surface area contributed by atoms with Crippen molar-refractivity contribution in [3.63, 3.8) is 0 Å². The number of piperidine rings is 1. The van der Waals surface area contributed by atoms with Crippen LogP contribution in [0.5, 0.6) is 0 Å². The predicted molar refractivity (Wildman–Crippen MR) is 136 cm³/mol. The molecule has 36 heavy (non-hydrogen) atoms. The Morgan fingerprint density at radius 3 is 2.42 bits per heavy atom. The highest BCUT2D eigenvalue weighted by atomic mass is 35.5. The smallest absolute Gasteiger partial charge is 0.286 e. The third kappa shape index (κ3) is 4.72. The third-order valence-corrected chi connectivity index (χ3v) is 6.68. The van der Waals surface area contributed by atoms with E-state index in [9.17, 15) is 9.90 Å². The van der Waals surface area contributed by atoms with Crippen LogP contribution in [-0.4, -0.2) is 59.1 Å². The van der Waals surface area contributed by atoms with Crippen LogP contribution in [0.4, 0.5) is 0 Å². The molecule has 3 heterocycles. The summed E-state index contributed by atoms with van der Waals surface area (Å²) in [5.74, 6) is 0.229. The van der Waals surface area contributed by atoms with E-state index in [4.69, 9.17) is 23.2 Å². The van der Waals surface area contributed by atoms with Crippen LogP contribution in [0.1, 0.15) is 35.3 Å². The Hall–Kier alpha value is -3.31. The number of rotatable bonds is 6. The maximum Gasteiger partial charge on any atom is 0.286 e. The highest BCUT2D eigenvalue weighted by Crippen LogP contribution is 2.34. The maximum absolute atomic E-state index is 13.3. The monoisotopic (exact) mass is 526 g/mol. The molecule has 10 nitrogen and oxygen atoms in total. The number of aliphatic hydroxyl groups excluding tert-OH is 1. The molecule has 0 saturated carbocycles. The lowest BCUT2D eigenvalue weighted by Crippen LogP contribution is -2.45. The molecule has 1 amide bonds. The van der Waals surface area contributed by atoms with E-state index in [0.29, 0.717) is 32.8 Å². The molecule has 1 saturated heterocycles. The van der Waals surface area contributed by atoms with E-state index in [2.05, 4.69) is 26.0 Å². The molecule has 1 aliphatic heterocycles. The average Bonchev–Trinajstić information content (AvgIpc) is 3.48. The van der Waals surface area contributed by atoms with Gasteiger partial charge in [-0.05, 0) is 41.5 Å². The number of aromatic nitrogens is 6. The Balaban J connectivity index is 1.61. The summed E-state index contributed by atoms with van der Waals surface area (Å²) in [6.07, 6.45) is 3.17. The largest absolute Gasteiger partial charge is 0.392 e. The summed E-state index contributed by atoms with van der Waals surface area (Å²) in [4.78, 5) is 13.3. The summed E-state index contributed by atoms with van der Waals surface area (Å²) in [6.45, 7) is 1.16. The van der Waals surface area contributed by atoms with Gasteiger partial charge in [0.15, 0.2) is 11.5 Å². The van der Waals surface area contributed by atoms with Gasteiger partial charge in [0.2, 0.25) is 0 Å². The number of hydrazine groups is 1.